The molecule has 0 unspecified atom stereocenters. The Morgan fingerprint density at radius 3 is 2.75 bits per heavy atom. The van der Waals surface area contributed by atoms with Gasteiger partial charge >= 0.3 is 0 Å². The molecule has 1 N–H and O–H groups in total. The zero-order chi connectivity index (χ0) is 13.9. The maximum Gasteiger partial charge on any atom is 0.104 e. The standard InChI is InChI=1S/C13H21N7/c1-18-5-3-11(4-6-18)14-7-12-9-20(17-16-12)13-8-15-19(2)10-13/h8-11,14H,3-7H2,1-2H3. The van der Waals surface area contributed by atoms with Crippen LogP contribution in [0.15, 0.2) is 18.6 Å². The first-order chi connectivity index (χ1) is 9.70. The Morgan fingerprint density at radius 1 is 1.25 bits per heavy atom. The van der Waals surface area contributed by atoms with Crippen molar-refractivity contribution in [2.24, 2.45) is 7.05 Å². The van der Waals surface area contributed by atoms with E-state index >= 15 is 0 Å². The predicted octanol–water partition coefficient (Wildman–Crippen LogP) is 0.185. The first kappa shape index (κ1) is 13.3. The number of hydrogen-bond acceptors (Lipinski definition) is 5. The molecular weight excluding hydrogens is 254 g/mol. The Hall–Kier alpha value is -1.73. The van der Waals surface area contributed by atoms with Gasteiger partial charge in [0.15, 0.2) is 0 Å². The summed E-state index contributed by atoms with van der Waals surface area (Å²) < 4.78 is 3.52. The van der Waals surface area contributed by atoms with Gasteiger partial charge in [0.05, 0.1) is 24.3 Å². The smallest absolute Gasteiger partial charge is 0.104 e. The van der Waals surface area contributed by atoms with Gasteiger partial charge in [-0.25, -0.2) is 4.68 Å². The van der Waals surface area contributed by atoms with Crippen molar-refractivity contribution in [3.05, 3.63) is 24.3 Å². The van der Waals surface area contributed by atoms with Crippen LogP contribution in [-0.4, -0.2) is 55.9 Å². The molecule has 1 aliphatic rings. The molecule has 3 heterocycles. The highest BCUT2D eigenvalue weighted by molar-refractivity contribution is 5.23. The Morgan fingerprint density at radius 2 is 2.05 bits per heavy atom. The Kier molecular flexibility index (Phi) is 3.79. The molecule has 2 aromatic rings. The van der Waals surface area contributed by atoms with Crippen LogP contribution < -0.4 is 5.32 Å². The number of rotatable bonds is 4. The second-order valence-corrected chi connectivity index (χ2v) is 5.49. The van der Waals surface area contributed by atoms with Gasteiger partial charge in [0.25, 0.3) is 0 Å². The number of aryl methyl sites for hydroxylation is 1. The van der Waals surface area contributed by atoms with Crippen LogP contribution in [0.5, 0.6) is 0 Å². The summed E-state index contributed by atoms with van der Waals surface area (Å²) in [4.78, 5) is 2.37. The normalized spacial score (nSPS) is 17.7. The summed E-state index contributed by atoms with van der Waals surface area (Å²) in [6, 6.07) is 0.592. The topological polar surface area (TPSA) is 63.8 Å². The van der Waals surface area contributed by atoms with E-state index in [4.69, 9.17) is 0 Å². The first-order valence-electron chi connectivity index (χ1n) is 7.03. The number of likely N-dealkylation sites (tertiary alicyclic amines) is 1. The van der Waals surface area contributed by atoms with Crippen molar-refractivity contribution in [2.45, 2.75) is 25.4 Å². The van der Waals surface area contributed by atoms with Crippen LogP contribution >= 0.6 is 0 Å². The average molecular weight is 275 g/mol. The van der Waals surface area contributed by atoms with Gasteiger partial charge in [-0.05, 0) is 33.0 Å². The quantitative estimate of drug-likeness (QED) is 0.862. The van der Waals surface area contributed by atoms with E-state index in [1.165, 1.54) is 25.9 Å². The van der Waals surface area contributed by atoms with Gasteiger partial charge in [0, 0.05) is 19.6 Å². The number of nitrogens with one attached hydrogen (secondary N) is 1. The monoisotopic (exact) mass is 275 g/mol. The lowest BCUT2D eigenvalue weighted by molar-refractivity contribution is 0.233. The second kappa shape index (κ2) is 5.72. The van der Waals surface area contributed by atoms with Crippen LogP contribution in [0.2, 0.25) is 0 Å². The molecule has 7 nitrogen and oxygen atoms in total. The minimum absolute atomic E-state index is 0.592. The van der Waals surface area contributed by atoms with E-state index in [0.717, 1.165) is 17.9 Å². The van der Waals surface area contributed by atoms with E-state index in [0.29, 0.717) is 6.04 Å². The molecule has 0 saturated carbocycles. The summed E-state index contributed by atoms with van der Waals surface area (Å²) in [6.45, 7) is 3.11. The lowest BCUT2D eigenvalue weighted by atomic mass is 10.1. The highest BCUT2D eigenvalue weighted by atomic mass is 15.4. The maximum absolute atomic E-state index is 4.20. The number of hydrogen-bond donors (Lipinski definition) is 1. The Bertz CT molecular complexity index is 551. The molecule has 3 rings (SSSR count). The van der Waals surface area contributed by atoms with E-state index in [1.807, 2.05) is 19.4 Å². The molecule has 0 radical (unpaired) electrons. The van der Waals surface area contributed by atoms with Crippen LogP contribution in [0, 0.1) is 0 Å². The minimum Gasteiger partial charge on any atom is -0.308 e. The predicted molar refractivity (Wildman–Crippen MR) is 75.5 cm³/mol. The van der Waals surface area contributed by atoms with Crippen LogP contribution in [0.4, 0.5) is 0 Å². The highest BCUT2D eigenvalue weighted by Crippen LogP contribution is 2.09. The van der Waals surface area contributed by atoms with Crippen molar-refractivity contribution in [3.8, 4) is 5.69 Å². The molecule has 2 aromatic heterocycles. The van der Waals surface area contributed by atoms with Gasteiger partial charge in [-0.3, -0.25) is 4.68 Å². The molecule has 1 aliphatic heterocycles. The molecule has 0 aromatic carbocycles. The number of aromatic nitrogens is 5. The molecule has 1 fully saturated rings. The zero-order valence-electron chi connectivity index (χ0n) is 12.0. The summed E-state index contributed by atoms with van der Waals surface area (Å²) >= 11 is 0. The van der Waals surface area contributed by atoms with E-state index in [-0.39, 0.29) is 0 Å². The molecule has 0 bridgehead atoms. The summed E-state index contributed by atoms with van der Waals surface area (Å²) in [5.74, 6) is 0. The fraction of sp³-hybridized carbons (Fsp3) is 0.615. The van der Waals surface area contributed by atoms with Crippen LogP contribution in [0.1, 0.15) is 18.5 Å². The third kappa shape index (κ3) is 3.05. The largest absolute Gasteiger partial charge is 0.308 e. The SMILES string of the molecule is CN1CCC(NCc2cn(-c3cnn(C)c3)nn2)CC1. The van der Waals surface area contributed by atoms with Crippen molar-refractivity contribution in [1.29, 1.82) is 0 Å². The minimum atomic E-state index is 0.592. The van der Waals surface area contributed by atoms with Crippen molar-refractivity contribution in [1.82, 2.24) is 35.0 Å². The fourth-order valence-electron chi connectivity index (χ4n) is 2.49. The third-order valence-electron chi connectivity index (χ3n) is 3.79. The Balaban J connectivity index is 1.55. The summed E-state index contributed by atoms with van der Waals surface area (Å²) in [6.07, 6.45) is 8.06. The second-order valence-electron chi connectivity index (χ2n) is 5.49. The molecule has 20 heavy (non-hydrogen) atoms. The molecular formula is C13H21N7. The van der Waals surface area contributed by atoms with E-state index in [2.05, 4.69) is 32.7 Å². The van der Waals surface area contributed by atoms with E-state index in [1.54, 1.807) is 15.6 Å². The van der Waals surface area contributed by atoms with Crippen molar-refractivity contribution < 1.29 is 0 Å². The van der Waals surface area contributed by atoms with Gasteiger partial charge in [0.2, 0.25) is 0 Å². The summed E-state index contributed by atoms with van der Waals surface area (Å²) in [7, 11) is 4.07. The van der Waals surface area contributed by atoms with E-state index < -0.39 is 0 Å². The fourth-order valence-corrected chi connectivity index (χ4v) is 2.49. The van der Waals surface area contributed by atoms with Crippen molar-refractivity contribution >= 4 is 0 Å². The van der Waals surface area contributed by atoms with Gasteiger partial charge in [-0.15, -0.1) is 5.10 Å². The molecule has 0 spiro atoms. The number of nitrogens with zero attached hydrogens (tertiary/aromatic N) is 6. The van der Waals surface area contributed by atoms with Gasteiger partial charge in [-0.2, -0.15) is 5.10 Å². The molecule has 0 atom stereocenters. The van der Waals surface area contributed by atoms with Gasteiger partial charge in [-0.1, -0.05) is 5.21 Å². The molecule has 0 amide bonds. The maximum atomic E-state index is 4.20. The van der Waals surface area contributed by atoms with Gasteiger partial charge in [0.1, 0.15) is 5.69 Å². The van der Waals surface area contributed by atoms with Crippen molar-refractivity contribution in [2.75, 3.05) is 20.1 Å². The molecule has 7 heteroatoms. The highest BCUT2D eigenvalue weighted by Gasteiger charge is 2.16. The Labute approximate surface area is 118 Å². The summed E-state index contributed by atoms with van der Waals surface area (Å²) in [5.41, 5.74) is 1.90. The average Bonchev–Trinajstić information content (AvgIpc) is 3.07. The first-order valence-corrected chi connectivity index (χ1v) is 7.03. The van der Waals surface area contributed by atoms with Gasteiger partial charge < -0.3 is 10.2 Å². The van der Waals surface area contributed by atoms with Crippen molar-refractivity contribution in [3.63, 3.8) is 0 Å². The lowest BCUT2D eigenvalue weighted by Crippen LogP contribution is -2.40. The molecule has 108 valence electrons. The van der Waals surface area contributed by atoms with Crippen LogP contribution in [0.25, 0.3) is 5.69 Å². The van der Waals surface area contributed by atoms with Crippen LogP contribution in [-0.2, 0) is 13.6 Å². The lowest BCUT2D eigenvalue weighted by Gasteiger charge is -2.29. The van der Waals surface area contributed by atoms with Crippen LogP contribution in [0.3, 0.4) is 0 Å². The van der Waals surface area contributed by atoms with E-state index in [9.17, 15) is 0 Å². The number of piperidine rings is 1. The zero-order valence-corrected chi connectivity index (χ0v) is 12.0. The molecule has 1 saturated heterocycles. The third-order valence-corrected chi connectivity index (χ3v) is 3.79. The summed E-state index contributed by atoms with van der Waals surface area (Å²) in [5, 5.41) is 16.0. The molecule has 0 aliphatic carbocycles.